The zero-order valence-electron chi connectivity index (χ0n) is 11.4. The maximum Gasteiger partial charge on any atom is 0.390 e. The van der Waals surface area contributed by atoms with Gasteiger partial charge in [-0.25, -0.2) is 13.1 Å². The second-order valence-electron chi connectivity index (χ2n) is 4.58. The second-order valence-corrected chi connectivity index (χ2v) is 6.45. The zero-order valence-corrected chi connectivity index (χ0v) is 12.2. The molecule has 0 saturated carbocycles. The summed E-state index contributed by atoms with van der Waals surface area (Å²) < 4.78 is 66.7. The van der Waals surface area contributed by atoms with Crippen molar-refractivity contribution in [2.24, 2.45) is 0 Å². The minimum absolute atomic E-state index is 0.183. The third-order valence-electron chi connectivity index (χ3n) is 2.40. The van der Waals surface area contributed by atoms with Gasteiger partial charge in [0, 0.05) is 17.8 Å². The highest BCUT2D eigenvalue weighted by Crippen LogP contribution is 2.21. The van der Waals surface area contributed by atoms with Gasteiger partial charge in [0.05, 0.1) is 12.2 Å². The molecule has 0 fully saturated rings. The minimum Gasteiger partial charge on any atom is -0.492 e. The van der Waals surface area contributed by atoms with Gasteiger partial charge in [0.2, 0.25) is 10.0 Å². The topological polar surface area (TPSA) is 81.4 Å². The van der Waals surface area contributed by atoms with Crippen molar-refractivity contribution in [2.75, 3.05) is 18.1 Å². The van der Waals surface area contributed by atoms with Gasteiger partial charge in [-0.2, -0.15) is 13.2 Å². The van der Waals surface area contributed by atoms with Crippen molar-refractivity contribution in [3.63, 3.8) is 0 Å². The number of benzene rings is 1. The molecule has 1 aromatic carbocycles. The van der Waals surface area contributed by atoms with Gasteiger partial charge < -0.3 is 10.5 Å². The van der Waals surface area contributed by atoms with Crippen LogP contribution in [0.1, 0.15) is 13.3 Å². The van der Waals surface area contributed by atoms with Gasteiger partial charge >= 0.3 is 6.18 Å². The van der Waals surface area contributed by atoms with Crippen molar-refractivity contribution >= 4 is 15.7 Å². The number of alkyl halides is 3. The molecule has 0 aromatic heterocycles. The van der Waals surface area contributed by atoms with Crippen LogP contribution >= 0.6 is 0 Å². The number of sulfonamides is 1. The van der Waals surface area contributed by atoms with Gasteiger partial charge in [0.25, 0.3) is 0 Å². The van der Waals surface area contributed by atoms with E-state index in [1.807, 2.05) is 4.72 Å². The molecule has 0 heterocycles. The average Bonchev–Trinajstić information content (AvgIpc) is 2.24. The normalized spacial score (nSPS) is 13.9. The quantitative estimate of drug-likeness (QED) is 0.750. The van der Waals surface area contributed by atoms with Crippen molar-refractivity contribution in [3.8, 4) is 5.75 Å². The van der Waals surface area contributed by atoms with Gasteiger partial charge in [0.15, 0.2) is 0 Å². The fourth-order valence-corrected chi connectivity index (χ4v) is 2.74. The van der Waals surface area contributed by atoms with E-state index in [1.54, 1.807) is 18.2 Å². The summed E-state index contributed by atoms with van der Waals surface area (Å²) in [6, 6.07) is 5.18. The van der Waals surface area contributed by atoms with Crippen LogP contribution in [0.3, 0.4) is 0 Å². The maximum atomic E-state index is 12.1. The predicted molar refractivity (Wildman–Crippen MR) is 73.4 cm³/mol. The molecule has 1 aromatic rings. The summed E-state index contributed by atoms with van der Waals surface area (Å²) in [6.07, 6.45) is -5.64. The summed E-state index contributed by atoms with van der Waals surface area (Å²) in [6.45, 7) is 0.974. The Morgan fingerprint density at radius 2 is 2.05 bits per heavy atom. The van der Waals surface area contributed by atoms with Gasteiger partial charge in [-0.05, 0) is 19.1 Å². The lowest BCUT2D eigenvalue weighted by Crippen LogP contribution is -2.38. The molecule has 3 N–H and O–H groups in total. The zero-order chi connectivity index (χ0) is 16.1. The first-order valence-electron chi connectivity index (χ1n) is 6.12. The largest absolute Gasteiger partial charge is 0.492 e. The molecule has 1 atom stereocenters. The van der Waals surface area contributed by atoms with Crippen molar-refractivity contribution in [3.05, 3.63) is 24.3 Å². The summed E-state index contributed by atoms with van der Waals surface area (Å²) in [5.74, 6) is -0.0437. The fourth-order valence-electron chi connectivity index (χ4n) is 1.63. The third-order valence-corrected chi connectivity index (χ3v) is 3.86. The molecule has 120 valence electrons. The minimum atomic E-state index is -4.42. The lowest BCUT2D eigenvalue weighted by molar-refractivity contribution is -0.137. The van der Waals surface area contributed by atoms with E-state index in [1.165, 1.54) is 6.07 Å². The smallest absolute Gasteiger partial charge is 0.390 e. The molecule has 1 unspecified atom stereocenters. The van der Waals surface area contributed by atoms with E-state index >= 15 is 0 Å². The van der Waals surface area contributed by atoms with E-state index in [0.717, 1.165) is 6.92 Å². The number of rotatable bonds is 7. The van der Waals surface area contributed by atoms with Crippen LogP contribution in [0.25, 0.3) is 0 Å². The van der Waals surface area contributed by atoms with Crippen molar-refractivity contribution < 1.29 is 26.3 Å². The van der Waals surface area contributed by atoms with Crippen LogP contribution in [0.15, 0.2) is 24.3 Å². The number of hydrogen-bond acceptors (Lipinski definition) is 4. The summed E-state index contributed by atoms with van der Waals surface area (Å²) in [7, 11) is -3.84. The number of nitrogens with two attached hydrogens (primary N) is 1. The molecule has 0 bridgehead atoms. The Balaban J connectivity index is 2.43. The average molecular weight is 326 g/mol. The summed E-state index contributed by atoms with van der Waals surface area (Å²) >= 11 is 0. The van der Waals surface area contributed by atoms with E-state index in [9.17, 15) is 21.6 Å². The standard InChI is InChI=1S/C12H17F3N2O3S/c1-9(8-12(13,14)15)17-21(18,19)6-5-20-11-4-2-3-10(16)7-11/h2-4,7,9,17H,5-6,8,16H2,1H3. The molecule has 0 aliphatic rings. The molecule has 0 saturated heterocycles. The second kappa shape index (κ2) is 6.99. The molecule has 0 amide bonds. The summed E-state index contributed by atoms with van der Waals surface area (Å²) in [4.78, 5) is 0. The molecular weight excluding hydrogens is 309 g/mol. The van der Waals surface area contributed by atoms with Gasteiger partial charge in [0.1, 0.15) is 12.4 Å². The van der Waals surface area contributed by atoms with Crippen LogP contribution in [-0.4, -0.2) is 33.0 Å². The van der Waals surface area contributed by atoms with Crippen LogP contribution in [0, 0.1) is 0 Å². The number of ether oxygens (including phenoxy) is 1. The fraction of sp³-hybridized carbons (Fsp3) is 0.500. The van der Waals surface area contributed by atoms with E-state index in [4.69, 9.17) is 10.5 Å². The molecule has 5 nitrogen and oxygen atoms in total. The number of nitrogen functional groups attached to an aromatic ring is 1. The lowest BCUT2D eigenvalue weighted by Gasteiger charge is -2.16. The number of halogens is 3. The Hall–Kier alpha value is -1.48. The van der Waals surface area contributed by atoms with Gasteiger partial charge in [-0.3, -0.25) is 0 Å². The molecule has 0 aliphatic heterocycles. The van der Waals surface area contributed by atoms with Crippen LogP contribution in [0.5, 0.6) is 5.75 Å². The molecule has 0 aliphatic carbocycles. The monoisotopic (exact) mass is 326 g/mol. The first-order valence-corrected chi connectivity index (χ1v) is 7.78. The third kappa shape index (κ3) is 7.76. The highest BCUT2D eigenvalue weighted by Gasteiger charge is 2.31. The Labute approximate surface area is 121 Å². The molecular formula is C12H17F3N2O3S. The van der Waals surface area contributed by atoms with Crippen LogP contribution in [0.4, 0.5) is 18.9 Å². The first-order chi connectivity index (χ1) is 9.57. The SMILES string of the molecule is CC(CC(F)(F)F)NS(=O)(=O)CCOc1cccc(N)c1. The van der Waals surface area contributed by atoms with Gasteiger partial charge in [-0.15, -0.1) is 0 Å². The summed E-state index contributed by atoms with van der Waals surface area (Å²) in [5.41, 5.74) is 5.99. The maximum absolute atomic E-state index is 12.1. The van der Waals surface area contributed by atoms with E-state index in [-0.39, 0.29) is 6.61 Å². The van der Waals surface area contributed by atoms with Crippen LogP contribution in [0.2, 0.25) is 0 Å². The Morgan fingerprint density at radius 3 is 2.62 bits per heavy atom. The van der Waals surface area contributed by atoms with Crippen molar-refractivity contribution in [1.29, 1.82) is 0 Å². The molecule has 0 radical (unpaired) electrons. The molecule has 1 rings (SSSR count). The molecule has 9 heteroatoms. The lowest BCUT2D eigenvalue weighted by atomic mass is 10.2. The Bertz CT molecular complexity index is 561. The predicted octanol–water partition coefficient (Wildman–Crippen LogP) is 1.91. The number of nitrogens with one attached hydrogen (secondary N) is 1. The van der Waals surface area contributed by atoms with Gasteiger partial charge in [-0.1, -0.05) is 6.07 Å². The van der Waals surface area contributed by atoms with E-state index in [0.29, 0.717) is 11.4 Å². The van der Waals surface area contributed by atoms with Crippen molar-refractivity contribution in [2.45, 2.75) is 25.6 Å². The van der Waals surface area contributed by atoms with Crippen LogP contribution in [-0.2, 0) is 10.0 Å². The van der Waals surface area contributed by atoms with E-state index < -0.39 is 34.4 Å². The molecule has 21 heavy (non-hydrogen) atoms. The first kappa shape index (κ1) is 17.6. The van der Waals surface area contributed by atoms with Crippen molar-refractivity contribution in [1.82, 2.24) is 4.72 Å². The van der Waals surface area contributed by atoms with E-state index in [2.05, 4.69) is 0 Å². The highest BCUT2D eigenvalue weighted by atomic mass is 32.2. The number of hydrogen-bond donors (Lipinski definition) is 2. The Morgan fingerprint density at radius 1 is 1.38 bits per heavy atom. The highest BCUT2D eigenvalue weighted by molar-refractivity contribution is 7.89. The Kier molecular flexibility index (Phi) is 5.85. The summed E-state index contributed by atoms with van der Waals surface area (Å²) in [5, 5.41) is 0. The molecule has 0 spiro atoms. The number of anilines is 1. The van der Waals surface area contributed by atoms with Crippen LogP contribution < -0.4 is 15.2 Å².